The first-order valence-electron chi connectivity index (χ1n) is 10.9. The number of aromatic nitrogens is 1. The maximum atomic E-state index is 13.1. The molecule has 2 saturated heterocycles. The summed E-state index contributed by atoms with van der Waals surface area (Å²) in [4.78, 5) is 15.7. The number of ether oxygens (including phenoxy) is 1. The van der Waals surface area contributed by atoms with Gasteiger partial charge in [-0.1, -0.05) is 18.6 Å². The second-order valence-corrected chi connectivity index (χ2v) is 8.50. The van der Waals surface area contributed by atoms with E-state index >= 15 is 0 Å². The lowest BCUT2D eigenvalue weighted by Gasteiger charge is -2.44. The summed E-state index contributed by atoms with van der Waals surface area (Å²) in [6.07, 6.45) is 6.40. The van der Waals surface area contributed by atoms with Gasteiger partial charge in [0, 0.05) is 24.0 Å². The van der Waals surface area contributed by atoms with Gasteiger partial charge in [-0.2, -0.15) is 0 Å². The maximum Gasteiger partial charge on any atom is 0.253 e. The summed E-state index contributed by atoms with van der Waals surface area (Å²) in [6, 6.07) is 10.6. The first-order valence-corrected chi connectivity index (χ1v) is 10.9. The Morgan fingerprint density at radius 1 is 1.14 bits per heavy atom. The normalized spacial score (nSPS) is 22.2. The van der Waals surface area contributed by atoms with E-state index in [1.165, 1.54) is 45.2 Å². The Morgan fingerprint density at radius 3 is 2.76 bits per heavy atom. The monoisotopic (exact) mass is 395 g/mol. The molecule has 0 radical (unpaired) electrons. The SMILES string of the molecule is COc1ccccc1-n1c(C)cc(C(=O)NCC2CCCN3CCCCC23)c1C. The van der Waals surface area contributed by atoms with Crippen LogP contribution in [0.1, 0.15) is 53.8 Å². The number of rotatable bonds is 5. The number of nitrogens with zero attached hydrogens (tertiary/aromatic N) is 2. The number of para-hydroxylation sites is 2. The molecule has 2 unspecified atom stereocenters. The molecule has 0 aliphatic carbocycles. The number of nitrogens with one attached hydrogen (secondary N) is 1. The van der Waals surface area contributed by atoms with Crippen LogP contribution in [-0.4, -0.2) is 48.2 Å². The zero-order valence-electron chi connectivity index (χ0n) is 17.9. The molecule has 5 heteroatoms. The van der Waals surface area contributed by atoms with Crippen molar-refractivity contribution in [2.24, 2.45) is 5.92 Å². The summed E-state index contributed by atoms with van der Waals surface area (Å²) in [6.45, 7) is 7.29. The van der Waals surface area contributed by atoms with Crippen LogP contribution in [0.3, 0.4) is 0 Å². The lowest BCUT2D eigenvalue weighted by atomic mass is 9.83. The fourth-order valence-corrected chi connectivity index (χ4v) is 5.31. The molecule has 2 fully saturated rings. The summed E-state index contributed by atoms with van der Waals surface area (Å²) in [5, 5.41) is 3.25. The van der Waals surface area contributed by atoms with Crippen molar-refractivity contribution < 1.29 is 9.53 Å². The van der Waals surface area contributed by atoms with Crippen LogP contribution in [-0.2, 0) is 0 Å². The van der Waals surface area contributed by atoms with Crippen molar-refractivity contribution in [1.82, 2.24) is 14.8 Å². The van der Waals surface area contributed by atoms with Gasteiger partial charge in [-0.15, -0.1) is 0 Å². The highest BCUT2D eigenvalue weighted by molar-refractivity contribution is 5.96. The van der Waals surface area contributed by atoms with Crippen LogP contribution >= 0.6 is 0 Å². The van der Waals surface area contributed by atoms with E-state index in [-0.39, 0.29) is 5.91 Å². The molecular formula is C24H33N3O2. The van der Waals surface area contributed by atoms with Gasteiger partial charge >= 0.3 is 0 Å². The molecule has 1 aromatic carbocycles. The Hall–Kier alpha value is -2.27. The molecule has 5 nitrogen and oxygen atoms in total. The van der Waals surface area contributed by atoms with Gasteiger partial charge in [0.1, 0.15) is 5.75 Å². The Morgan fingerprint density at radius 2 is 1.93 bits per heavy atom. The van der Waals surface area contributed by atoms with E-state index in [1.807, 2.05) is 44.2 Å². The van der Waals surface area contributed by atoms with E-state index < -0.39 is 0 Å². The quantitative estimate of drug-likeness (QED) is 0.829. The lowest BCUT2D eigenvalue weighted by Crippen LogP contribution is -2.51. The van der Waals surface area contributed by atoms with E-state index in [4.69, 9.17) is 4.74 Å². The van der Waals surface area contributed by atoms with Crippen molar-refractivity contribution >= 4 is 5.91 Å². The van der Waals surface area contributed by atoms with Crippen molar-refractivity contribution in [2.45, 2.75) is 52.0 Å². The van der Waals surface area contributed by atoms with Crippen molar-refractivity contribution in [1.29, 1.82) is 0 Å². The highest BCUT2D eigenvalue weighted by atomic mass is 16.5. The molecule has 1 amide bonds. The summed E-state index contributed by atoms with van der Waals surface area (Å²) < 4.78 is 7.64. The second kappa shape index (κ2) is 8.62. The highest BCUT2D eigenvalue weighted by Gasteiger charge is 2.33. The maximum absolute atomic E-state index is 13.1. The molecule has 0 spiro atoms. The van der Waals surface area contributed by atoms with Gasteiger partial charge in [0.2, 0.25) is 0 Å². The van der Waals surface area contributed by atoms with Crippen molar-refractivity contribution in [2.75, 3.05) is 26.7 Å². The van der Waals surface area contributed by atoms with Crippen LogP contribution in [0.4, 0.5) is 0 Å². The highest BCUT2D eigenvalue weighted by Crippen LogP contribution is 2.31. The van der Waals surface area contributed by atoms with Crippen LogP contribution in [0.5, 0.6) is 5.75 Å². The zero-order chi connectivity index (χ0) is 20.4. The van der Waals surface area contributed by atoms with Crippen molar-refractivity contribution in [3.05, 3.63) is 47.3 Å². The average molecular weight is 396 g/mol. The molecule has 156 valence electrons. The van der Waals surface area contributed by atoms with Gasteiger partial charge < -0.3 is 19.5 Å². The van der Waals surface area contributed by atoms with Gasteiger partial charge in [-0.25, -0.2) is 0 Å². The standard InChI is InChI=1S/C24H33N3O2/c1-17-15-20(18(2)27(17)22-11-4-5-12-23(22)29-3)24(28)25-16-19-9-8-14-26-13-7-6-10-21(19)26/h4-5,11-12,15,19,21H,6-10,13-14,16H2,1-3H3,(H,25,28). The van der Waals surface area contributed by atoms with E-state index in [0.717, 1.165) is 34.9 Å². The molecule has 2 aliphatic rings. The van der Waals surface area contributed by atoms with E-state index in [1.54, 1.807) is 7.11 Å². The fraction of sp³-hybridized carbons (Fsp3) is 0.542. The Balaban J connectivity index is 1.50. The van der Waals surface area contributed by atoms with Crippen LogP contribution in [0, 0.1) is 19.8 Å². The lowest BCUT2D eigenvalue weighted by molar-refractivity contribution is 0.0575. The van der Waals surface area contributed by atoms with E-state index in [9.17, 15) is 4.79 Å². The van der Waals surface area contributed by atoms with Crippen molar-refractivity contribution in [3.8, 4) is 11.4 Å². The predicted molar refractivity (Wildman–Crippen MR) is 116 cm³/mol. The number of fused-ring (bicyclic) bond motifs is 1. The number of hydrogen-bond acceptors (Lipinski definition) is 3. The number of piperidine rings is 2. The van der Waals surface area contributed by atoms with E-state index in [0.29, 0.717) is 12.0 Å². The minimum absolute atomic E-state index is 0.0344. The molecule has 2 aromatic rings. The fourth-order valence-electron chi connectivity index (χ4n) is 5.31. The minimum Gasteiger partial charge on any atom is -0.495 e. The van der Waals surface area contributed by atoms with Gasteiger partial charge in [-0.05, 0) is 76.7 Å². The zero-order valence-corrected chi connectivity index (χ0v) is 17.9. The molecule has 2 aliphatic heterocycles. The minimum atomic E-state index is 0.0344. The number of amides is 1. The Bertz CT molecular complexity index is 871. The average Bonchev–Trinajstić information content (AvgIpc) is 3.05. The third-order valence-corrected chi connectivity index (χ3v) is 6.76. The number of carbonyl (C=O) groups is 1. The molecule has 29 heavy (non-hydrogen) atoms. The number of benzene rings is 1. The third-order valence-electron chi connectivity index (χ3n) is 6.76. The van der Waals surface area contributed by atoms with Gasteiger partial charge in [0.25, 0.3) is 5.91 Å². The Kier molecular flexibility index (Phi) is 5.95. The van der Waals surface area contributed by atoms with Crippen LogP contribution in [0.25, 0.3) is 5.69 Å². The largest absolute Gasteiger partial charge is 0.495 e. The number of methoxy groups -OCH3 is 1. The molecule has 1 N–H and O–H groups in total. The summed E-state index contributed by atoms with van der Waals surface area (Å²) >= 11 is 0. The van der Waals surface area contributed by atoms with Crippen LogP contribution < -0.4 is 10.1 Å². The van der Waals surface area contributed by atoms with Gasteiger partial charge in [0.15, 0.2) is 0 Å². The first kappa shape index (κ1) is 20.0. The number of aryl methyl sites for hydroxylation is 1. The number of carbonyl (C=O) groups excluding carboxylic acids is 1. The molecule has 3 heterocycles. The third kappa shape index (κ3) is 3.93. The molecule has 4 rings (SSSR count). The molecule has 2 atom stereocenters. The predicted octanol–water partition coefficient (Wildman–Crippen LogP) is 4.10. The molecule has 1 aromatic heterocycles. The number of hydrogen-bond donors (Lipinski definition) is 1. The van der Waals surface area contributed by atoms with Crippen LogP contribution in [0.15, 0.2) is 30.3 Å². The van der Waals surface area contributed by atoms with E-state index in [2.05, 4.69) is 14.8 Å². The molecular weight excluding hydrogens is 362 g/mol. The second-order valence-electron chi connectivity index (χ2n) is 8.50. The molecule has 0 saturated carbocycles. The van der Waals surface area contributed by atoms with Crippen molar-refractivity contribution in [3.63, 3.8) is 0 Å². The van der Waals surface area contributed by atoms with Crippen LogP contribution in [0.2, 0.25) is 0 Å². The molecule has 0 bridgehead atoms. The Labute approximate surface area is 174 Å². The van der Waals surface area contributed by atoms with Gasteiger partial charge in [0.05, 0.1) is 18.4 Å². The smallest absolute Gasteiger partial charge is 0.253 e. The summed E-state index contributed by atoms with van der Waals surface area (Å²) in [7, 11) is 1.68. The summed E-state index contributed by atoms with van der Waals surface area (Å²) in [5.41, 5.74) is 3.71. The first-order chi connectivity index (χ1) is 14.1. The van der Waals surface area contributed by atoms with Gasteiger partial charge in [-0.3, -0.25) is 4.79 Å². The summed E-state index contributed by atoms with van der Waals surface area (Å²) in [5.74, 6) is 1.42. The topological polar surface area (TPSA) is 46.5 Å².